The lowest BCUT2D eigenvalue weighted by molar-refractivity contribution is 0.337. The summed E-state index contributed by atoms with van der Waals surface area (Å²) in [6.45, 7) is 7.53. The van der Waals surface area contributed by atoms with Crippen molar-refractivity contribution in [1.82, 2.24) is 15.5 Å². The van der Waals surface area contributed by atoms with Gasteiger partial charge in [0.2, 0.25) is 0 Å². The Balaban J connectivity index is 2.34. The second-order valence-electron chi connectivity index (χ2n) is 4.81. The van der Waals surface area contributed by atoms with Crippen molar-refractivity contribution in [3.8, 4) is 17.0 Å². The predicted octanol–water partition coefficient (Wildman–Crippen LogP) is 2.88. The zero-order valence-electron chi connectivity index (χ0n) is 12.5. The molecule has 0 bridgehead atoms. The van der Waals surface area contributed by atoms with Gasteiger partial charge in [0, 0.05) is 12.1 Å². The van der Waals surface area contributed by atoms with Gasteiger partial charge >= 0.3 is 0 Å². The highest BCUT2D eigenvalue weighted by molar-refractivity contribution is 5.66. The fourth-order valence-corrected chi connectivity index (χ4v) is 2.16. The smallest absolute Gasteiger partial charge is 0.122 e. The van der Waals surface area contributed by atoms with Gasteiger partial charge in [-0.15, -0.1) is 0 Å². The second kappa shape index (κ2) is 6.48. The molecule has 0 aliphatic rings. The first kappa shape index (κ1) is 14.5. The molecule has 4 heteroatoms. The lowest BCUT2D eigenvalue weighted by atomic mass is 10.0. The second-order valence-corrected chi connectivity index (χ2v) is 4.81. The summed E-state index contributed by atoms with van der Waals surface area (Å²) in [7, 11) is 1.90. The van der Waals surface area contributed by atoms with Gasteiger partial charge in [0.15, 0.2) is 0 Å². The van der Waals surface area contributed by atoms with Gasteiger partial charge in [0.05, 0.1) is 18.0 Å². The van der Waals surface area contributed by atoms with Crippen LogP contribution in [0.5, 0.6) is 5.75 Å². The van der Waals surface area contributed by atoms with Crippen molar-refractivity contribution in [2.24, 2.45) is 0 Å². The van der Waals surface area contributed by atoms with Crippen LogP contribution in [0.1, 0.15) is 23.7 Å². The molecule has 0 spiro atoms. The van der Waals surface area contributed by atoms with Crippen molar-refractivity contribution in [3.63, 3.8) is 0 Å². The fraction of sp³-hybridized carbons (Fsp3) is 0.375. The third kappa shape index (κ3) is 3.14. The SMILES string of the molecule is CCOc1cc(C)c(-c2ccc(CNC)nn2)cc1C. The Kier molecular flexibility index (Phi) is 4.69. The van der Waals surface area contributed by atoms with E-state index < -0.39 is 0 Å². The van der Waals surface area contributed by atoms with Gasteiger partial charge in [-0.3, -0.25) is 0 Å². The normalized spacial score (nSPS) is 10.6. The van der Waals surface area contributed by atoms with Crippen LogP contribution in [0, 0.1) is 13.8 Å². The molecule has 0 saturated carbocycles. The van der Waals surface area contributed by atoms with Crippen LogP contribution in [0.15, 0.2) is 24.3 Å². The van der Waals surface area contributed by atoms with Gasteiger partial charge < -0.3 is 10.1 Å². The summed E-state index contributed by atoms with van der Waals surface area (Å²) in [6, 6.07) is 8.20. The van der Waals surface area contributed by atoms with E-state index in [0.717, 1.165) is 40.4 Å². The molecule has 2 aromatic rings. The molecule has 20 heavy (non-hydrogen) atoms. The Labute approximate surface area is 120 Å². The van der Waals surface area contributed by atoms with Gasteiger partial charge in [0.1, 0.15) is 5.75 Å². The molecule has 1 aromatic carbocycles. The quantitative estimate of drug-likeness (QED) is 0.908. The first-order chi connectivity index (χ1) is 9.65. The highest BCUT2D eigenvalue weighted by Crippen LogP contribution is 2.28. The van der Waals surface area contributed by atoms with Crippen LogP contribution in [0.2, 0.25) is 0 Å². The Morgan fingerprint density at radius 1 is 1.10 bits per heavy atom. The number of hydrogen-bond acceptors (Lipinski definition) is 4. The maximum Gasteiger partial charge on any atom is 0.122 e. The maximum absolute atomic E-state index is 5.62. The molecule has 0 amide bonds. The Bertz CT molecular complexity index is 579. The average molecular weight is 271 g/mol. The first-order valence-electron chi connectivity index (χ1n) is 6.87. The molecule has 0 fully saturated rings. The molecule has 0 unspecified atom stereocenters. The molecule has 0 saturated heterocycles. The van der Waals surface area contributed by atoms with Crippen molar-refractivity contribution in [2.75, 3.05) is 13.7 Å². The fourth-order valence-electron chi connectivity index (χ4n) is 2.16. The Morgan fingerprint density at radius 2 is 1.90 bits per heavy atom. The minimum Gasteiger partial charge on any atom is -0.494 e. The number of aryl methyl sites for hydroxylation is 2. The summed E-state index contributed by atoms with van der Waals surface area (Å²) in [5.41, 5.74) is 5.21. The van der Waals surface area contributed by atoms with Crippen molar-refractivity contribution < 1.29 is 4.74 Å². The predicted molar refractivity (Wildman–Crippen MR) is 80.9 cm³/mol. The summed E-state index contributed by atoms with van der Waals surface area (Å²) in [4.78, 5) is 0. The molecule has 1 N–H and O–H groups in total. The number of nitrogens with zero attached hydrogens (tertiary/aromatic N) is 2. The van der Waals surface area contributed by atoms with E-state index in [1.165, 1.54) is 0 Å². The summed E-state index contributed by atoms with van der Waals surface area (Å²) < 4.78 is 5.62. The summed E-state index contributed by atoms with van der Waals surface area (Å²) >= 11 is 0. The van der Waals surface area contributed by atoms with Gasteiger partial charge in [-0.05, 0) is 63.2 Å². The lowest BCUT2D eigenvalue weighted by Gasteiger charge is -2.12. The van der Waals surface area contributed by atoms with Crippen LogP contribution < -0.4 is 10.1 Å². The Morgan fingerprint density at radius 3 is 2.50 bits per heavy atom. The minimum absolute atomic E-state index is 0.679. The number of benzene rings is 1. The maximum atomic E-state index is 5.62. The zero-order chi connectivity index (χ0) is 14.5. The van der Waals surface area contributed by atoms with Gasteiger partial charge in [-0.25, -0.2) is 0 Å². The molecule has 0 radical (unpaired) electrons. The van der Waals surface area contributed by atoms with Crippen LogP contribution in [0.4, 0.5) is 0 Å². The minimum atomic E-state index is 0.679. The number of rotatable bonds is 5. The van der Waals surface area contributed by atoms with Gasteiger partial charge in [-0.2, -0.15) is 10.2 Å². The van der Waals surface area contributed by atoms with E-state index in [1.807, 2.05) is 26.1 Å². The molecular weight excluding hydrogens is 250 g/mol. The average Bonchev–Trinajstić information content (AvgIpc) is 2.44. The molecule has 0 aliphatic carbocycles. The van der Waals surface area contributed by atoms with Crippen molar-refractivity contribution in [2.45, 2.75) is 27.3 Å². The van der Waals surface area contributed by atoms with Crippen molar-refractivity contribution in [1.29, 1.82) is 0 Å². The third-order valence-corrected chi connectivity index (χ3v) is 3.18. The van der Waals surface area contributed by atoms with E-state index in [-0.39, 0.29) is 0 Å². The van der Waals surface area contributed by atoms with Crippen LogP contribution in [-0.2, 0) is 6.54 Å². The molecule has 4 nitrogen and oxygen atoms in total. The van der Waals surface area contributed by atoms with Crippen LogP contribution in [-0.4, -0.2) is 23.9 Å². The van der Waals surface area contributed by atoms with Gasteiger partial charge in [0.25, 0.3) is 0 Å². The van der Waals surface area contributed by atoms with E-state index in [9.17, 15) is 0 Å². The molecular formula is C16H21N3O. The highest BCUT2D eigenvalue weighted by atomic mass is 16.5. The Hall–Kier alpha value is -1.94. The van der Waals surface area contributed by atoms with Crippen LogP contribution >= 0.6 is 0 Å². The van der Waals surface area contributed by atoms with Gasteiger partial charge in [-0.1, -0.05) is 0 Å². The van der Waals surface area contributed by atoms with Crippen LogP contribution in [0.25, 0.3) is 11.3 Å². The highest BCUT2D eigenvalue weighted by Gasteiger charge is 2.09. The number of ether oxygens (including phenoxy) is 1. The molecule has 0 atom stereocenters. The van der Waals surface area contributed by atoms with E-state index in [1.54, 1.807) is 0 Å². The number of hydrogen-bond donors (Lipinski definition) is 1. The van der Waals surface area contributed by atoms with E-state index in [2.05, 4.69) is 41.5 Å². The number of nitrogens with one attached hydrogen (secondary N) is 1. The summed E-state index contributed by atoms with van der Waals surface area (Å²) in [6.07, 6.45) is 0. The molecule has 1 aromatic heterocycles. The molecule has 2 rings (SSSR count). The lowest BCUT2D eigenvalue weighted by Crippen LogP contribution is -2.07. The number of aromatic nitrogens is 2. The molecule has 0 aliphatic heterocycles. The van der Waals surface area contributed by atoms with E-state index in [0.29, 0.717) is 6.61 Å². The van der Waals surface area contributed by atoms with Crippen molar-refractivity contribution >= 4 is 0 Å². The topological polar surface area (TPSA) is 47.0 Å². The van der Waals surface area contributed by atoms with E-state index >= 15 is 0 Å². The third-order valence-electron chi connectivity index (χ3n) is 3.18. The summed E-state index contributed by atoms with van der Waals surface area (Å²) in [5, 5.41) is 11.6. The zero-order valence-corrected chi connectivity index (χ0v) is 12.5. The summed E-state index contributed by atoms with van der Waals surface area (Å²) in [5.74, 6) is 0.938. The molecule has 1 heterocycles. The largest absolute Gasteiger partial charge is 0.494 e. The first-order valence-corrected chi connectivity index (χ1v) is 6.87. The molecule has 106 valence electrons. The van der Waals surface area contributed by atoms with E-state index in [4.69, 9.17) is 4.74 Å². The van der Waals surface area contributed by atoms with Crippen molar-refractivity contribution in [3.05, 3.63) is 41.1 Å². The van der Waals surface area contributed by atoms with Crippen LogP contribution in [0.3, 0.4) is 0 Å². The monoisotopic (exact) mass is 271 g/mol. The standard InChI is InChI=1S/C16H21N3O/c1-5-20-16-9-11(2)14(8-12(16)3)15-7-6-13(10-17-4)18-19-15/h6-9,17H,5,10H2,1-4H3.